The van der Waals surface area contributed by atoms with E-state index in [1.165, 1.54) is 12.1 Å². The van der Waals surface area contributed by atoms with Crippen molar-refractivity contribution < 1.29 is 19.2 Å². The molecule has 1 aromatic carbocycles. The number of carbonyl (C=O) groups excluding carboxylic acids is 1. The van der Waals surface area contributed by atoms with Crippen molar-refractivity contribution in [1.29, 1.82) is 5.26 Å². The van der Waals surface area contributed by atoms with Gasteiger partial charge in [-0.1, -0.05) is 6.08 Å². The van der Waals surface area contributed by atoms with E-state index in [-0.39, 0.29) is 47.3 Å². The van der Waals surface area contributed by atoms with Crippen molar-refractivity contribution in [3.63, 3.8) is 0 Å². The molecule has 1 aromatic rings. The summed E-state index contributed by atoms with van der Waals surface area (Å²) in [4.78, 5) is 23.3. The van der Waals surface area contributed by atoms with Gasteiger partial charge in [0.05, 0.1) is 11.0 Å². The SMILES string of the molecule is CC1NNC(C)C1/C=C(\C#N)C(=O)Nc1cc2c(cc1[N+](=O)[O-])OCCO2. The van der Waals surface area contributed by atoms with Crippen LogP contribution in [0.1, 0.15) is 13.8 Å². The van der Waals surface area contributed by atoms with Crippen LogP contribution in [0, 0.1) is 27.4 Å². The Morgan fingerprint density at radius 2 is 1.89 bits per heavy atom. The second-order valence-electron chi connectivity index (χ2n) is 6.36. The molecule has 2 aliphatic rings. The lowest BCUT2D eigenvalue weighted by atomic mass is 9.94. The van der Waals surface area contributed by atoms with Crippen molar-refractivity contribution in [1.82, 2.24) is 10.9 Å². The molecule has 2 heterocycles. The fraction of sp³-hybridized carbons (Fsp3) is 0.412. The Morgan fingerprint density at radius 3 is 2.44 bits per heavy atom. The number of carbonyl (C=O) groups is 1. The van der Waals surface area contributed by atoms with Crippen LogP contribution in [-0.4, -0.2) is 36.1 Å². The Bertz CT molecular complexity index is 837. The number of anilines is 1. The lowest BCUT2D eigenvalue weighted by Gasteiger charge is -2.19. The van der Waals surface area contributed by atoms with Gasteiger partial charge in [-0.25, -0.2) is 0 Å². The van der Waals surface area contributed by atoms with Gasteiger partial charge in [0.2, 0.25) is 0 Å². The van der Waals surface area contributed by atoms with Crippen LogP contribution in [0.5, 0.6) is 11.5 Å². The molecule has 1 amide bonds. The van der Waals surface area contributed by atoms with E-state index in [0.29, 0.717) is 12.4 Å². The van der Waals surface area contributed by atoms with Gasteiger partial charge >= 0.3 is 0 Å². The molecule has 2 atom stereocenters. The summed E-state index contributed by atoms with van der Waals surface area (Å²) in [5.41, 5.74) is 5.57. The van der Waals surface area contributed by atoms with E-state index in [1.54, 1.807) is 6.08 Å². The monoisotopic (exact) mass is 373 g/mol. The number of nitrogens with one attached hydrogen (secondary N) is 3. The summed E-state index contributed by atoms with van der Waals surface area (Å²) >= 11 is 0. The average Bonchev–Trinajstić information content (AvgIpc) is 2.96. The summed E-state index contributed by atoms with van der Waals surface area (Å²) in [6.45, 7) is 4.45. The molecule has 27 heavy (non-hydrogen) atoms. The van der Waals surface area contributed by atoms with E-state index in [4.69, 9.17) is 9.47 Å². The molecule has 0 aliphatic carbocycles. The molecule has 0 spiro atoms. The van der Waals surface area contributed by atoms with Crippen LogP contribution in [0.2, 0.25) is 0 Å². The lowest BCUT2D eigenvalue weighted by Crippen LogP contribution is -2.30. The van der Waals surface area contributed by atoms with Gasteiger partial charge in [0.15, 0.2) is 11.5 Å². The summed E-state index contributed by atoms with van der Waals surface area (Å²) in [6.07, 6.45) is 1.57. The summed E-state index contributed by atoms with van der Waals surface area (Å²) < 4.78 is 10.7. The predicted molar refractivity (Wildman–Crippen MR) is 95.1 cm³/mol. The fourth-order valence-corrected chi connectivity index (χ4v) is 3.05. The second-order valence-corrected chi connectivity index (χ2v) is 6.36. The van der Waals surface area contributed by atoms with E-state index in [1.807, 2.05) is 19.9 Å². The molecule has 0 saturated carbocycles. The number of hydrogen-bond donors (Lipinski definition) is 3. The maximum Gasteiger partial charge on any atom is 0.296 e. The number of benzene rings is 1. The van der Waals surface area contributed by atoms with Crippen LogP contribution >= 0.6 is 0 Å². The number of ether oxygens (including phenoxy) is 2. The fourth-order valence-electron chi connectivity index (χ4n) is 3.05. The Kier molecular flexibility index (Phi) is 5.25. The van der Waals surface area contributed by atoms with E-state index >= 15 is 0 Å². The first kappa shape index (κ1) is 18.6. The minimum Gasteiger partial charge on any atom is -0.486 e. The zero-order valence-electron chi connectivity index (χ0n) is 14.8. The number of rotatable bonds is 4. The summed E-state index contributed by atoms with van der Waals surface area (Å²) in [6, 6.07) is 4.46. The molecule has 3 rings (SSSR count). The normalized spacial score (nSPS) is 24.2. The third-order valence-electron chi connectivity index (χ3n) is 4.52. The molecular weight excluding hydrogens is 354 g/mol. The topological polar surface area (TPSA) is 139 Å². The molecular formula is C17H19N5O5. The average molecular weight is 373 g/mol. The third-order valence-corrected chi connectivity index (χ3v) is 4.52. The molecule has 0 bridgehead atoms. The summed E-state index contributed by atoms with van der Waals surface area (Å²) in [5.74, 6) is -0.256. The van der Waals surface area contributed by atoms with Gasteiger partial charge in [-0.15, -0.1) is 0 Å². The predicted octanol–water partition coefficient (Wildman–Crippen LogP) is 1.26. The van der Waals surface area contributed by atoms with E-state index in [2.05, 4.69) is 16.2 Å². The largest absolute Gasteiger partial charge is 0.486 e. The molecule has 1 fully saturated rings. The second kappa shape index (κ2) is 7.61. The number of nitro benzene ring substituents is 1. The molecule has 10 heteroatoms. The van der Waals surface area contributed by atoms with Crippen molar-refractivity contribution >= 4 is 17.3 Å². The number of amides is 1. The Hall–Kier alpha value is -3.16. The highest BCUT2D eigenvalue weighted by Crippen LogP contribution is 2.39. The first-order valence-corrected chi connectivity index (χ1v) is 8.43. The first-order chi connectivity index (χ1) is 12.9. The smallest absolute Gasteiger partial charge is 0.296 e. The van der Waals surface area contributed by atoms with Crippen molar-refractivity contribution in [3.8, 4) is 17.6 Å². The van der Waals surface area contributed by atoms with Gasteiger partial charge in [0, 0.05) is 24.1 Å². The minimum absolute atomic E-state index is 0.0276. The molecule has 0 aromatic heterocycles. The minimum atomic E-state index is -0.719. The zero-order valence-corrected chi connectivity index (χ0v) is 14.8. The number of hydrogen-bond acceptors (Lipinski definition) is 8. The van der Waals surface area contributed by atoms with Gasteiger partial charge in [0.1, 0.15) is 30.5 Å². The van der Waals surface area contributed by atoms with Crippen molar-refractivity contribution in [2.24, 2.45) is 5.92 Å². The van der Waals surface area contributed by atoms with E-state index in [9.17, 15) is 20.2 Å². The molecule has 142 valence electrons. The number of hydrazine groups is 1. The van der Waals surface area contributed by atoms with Crippen LogP contribution in [-0.2, 0) is 4.79 Å². The molecule has 2 aliphatic heterocycles. The van der Waals surface area contributed by atoms with Gasteiger partial charge in [-0.05, 0) is 13.8 Å². The molecule has 0 radical (unpaired) electrons. The number of nitriles is 1. The molecule has 1 saturated heterocycles. The van der Waals surface area contributed by atoms with Crippen LogP contribution in [0.4, 0.5) is 11.4 Å². The first-order valence-electron chi connectivity index (χ1n) is 8.43. The zero-order chi connectivity index (χ0) is 19.6. The van der Waals surface area contributed by atoms with Crippen LogP contribution in [0.15, 0.2) is 23.8 Å². The van der Waals surface area contributed by atoms with Crippen molar-refractivity contribution in [2.45, 2.75) is 25.9 Å². The van der Waals surface area contributed by atoms with Crippen LogP contribution in [0.25, 0.3) is 0 Å². The maximum absolute atomic E-state index is 12.6. The number of nitro groups is 1. The molecule has 3 N–H and O–H groups in total. The van der Waals surface area contributed by atoms with E-state index in [0.717, 1.165) is 0 Å². The highest BCUT2D eigenvalue weighted by molar-refractivity contribution is 6.07. The Labute approximate surface area is 155 Å². The van der Waals surface area contributed by atoms with Crippen molar-refractivity contribution in [3.05, 3.63) is 33.9 Å². The molecule has 10 nitrogen and oxygen atoms in total. The van der Waals surface area contributed by atoms with Crippen LogP contribution < -0.4 is 25.6 Å². The van der Waals surface area contributed by atoms with E-state index < -0.39 is 10.8 Å². The van der Waals surface area contributed by atoms with Crippen LogP contribution in [0.3, 0.4) is 0 Å². The van der Waals surface area contributed by atoms with Gasteiger partial charge < -0.3 is 14.8 Å². The van der Waals surface area contributed by atoms with Gasteiger partial charge in [-0.2, -0.15) is 5.26 Å². The summed E-state index contributed by atoms with van der Waals surface area (Å²) in [5, 5.41) is 23.2. The Balaban J connectivity index is 1.88. The van der Waals surface area contributed by atoms with Crippen molar-refractivity contribution in [2.75, 3.05) is 18.5 Å². The molecule has 2 unspecified atom stereocenters. The number of fused-ring (bicyclic) bond motifs is 1. The standard InChI is InChI=1S/C17H19N5O5/c1-9-12(10(2)21-20-9)5-11(8-18)17(23)19-13-6-15-16(27-4-3-26-15)7-14(13)22(24)25/h5-7,9-10,12,20-21H,3-4H2,1-2H3,(H,19,23)/b11-5+. The maximum atomic E-state index is 12.6. The highest BCUT2D eigenvalue weighted by Gasteiger charge is 2.30. The number of nitrogens with zero attached hydrogens (tertiary/aromatic N) is 2. The quantitative estimate of drug-likeness (QED) is 0.310. The summed E-state index contributed by atoms with van der Waals surface area (Å²) in [7, 11) is 0. The highest BCUT2D eigenvalue weighted by atomic mass is 16.6. The van der Waals surface area contributed by atoms with Gasteiger partial charge in [0.25, 0.3) is 11.6 Å². The Morgan fingerprint density at radius 1 is 1.30 bits per heavy atom. The third kappa shape index (κ3) is 3.84. The van der Waals surface area contributed by atoms with Gasteiger partial charge in [-0.3, -0.25) is 25.8 Å². The lowest BCUT2D eigenvalue weighted by molar-refractivity contribution is -0.384.